The number of aromatic amines is 1. The third-order valence-electron chi connectivity index (χ3n) is 4.64. The molecule has 8 heteroatoms. The molecule has 1 aliphatic rings. The van der Waals surface area contributed by atoms with E-state index in [0.717, 1.165) is 32.0 Å². The van der Waals surface area contributed by atoms with Gasteiger partial charge in [-0.05, 0) is 37.4 Å². The van der Waals surface area contributed by atoms with Crippen LogP contribution in [-0.4, -0.2) is 59.0 Å². The van der Waals surface area contributed by atoms with Crippen molar-refractivity contribution >= 4 is 28.7 Å². The topological polar surface area (TPSA) is 101 Å². The highest BCUT2D eigenvalue weighted by Crippen LogP contribution is 2.17. The second-order valence-corrected chi connectivity index (χ2v) is 6.55. The fourth-order valence-corrected chi connectivity index (χ4v) is 3.07. The van der Waals surface area contributed by atoms with Gasteiger partial charge in [0.25, 0.3) is 5.91 Å². The minimum Gasteiger partial charge on any atom is -0.354 e. The van der Waals surface area contributed by atoms with Gasteiger partial charge >= 0.3 is 0 Å². The van der Waals surface area contributed by atoms with Gasteiger partial charge in [0.05, 0.1) is 22.7 Å². The number of likely N-dealkylation sites (N-methyl/N-ethyl adjacent to an activating group) is 1. The lowest BCUT2D eigenvalue weighted by atomic mass is 10.2. The first-order chi connectivity index (χ1) is 13.1. The highest BCUT2D eigenvalue weighted by Gasteiger charge is 2.17. The quantitative estimate of drug-likeness (QED) is 0.738. The van der Waals surface area contributed by atoms with Crippen molar-refractivity contribution in [2.24, 2.45) is 0 Å². The van der Waals surface area contributed by atoms with E-state index in [2.05, 4.69) is 43.2 Å². The van der Waals surface area contributed by atoms with Gasteiger partial charge in [-0.25, -0.2) is 9.97 Å². The van der Waals surface area contributed by atoms with Crippen molar-refractivity contribution < 1.29 is 4.79 Å². The average Bonchev–Trinajstić information content (AvgIpc) is 3.09. The molecule has 0 saturated carbocycles. The predicted octanol–water partition coefficient (Wildman–Crippen LogP) is 1.83. The van der Waals surface area contributed by atoms with Crippen molar-refractivity contribution in [1.29, 1.82) is 5.26 Å². The second kappa shape index (κ2) is 7.05. The molecule has 0 bridgehead atoms. The summed E-state index contributed by atoms with van der Waals surface area (Å²) in [6.07, 6.45) is 0. The SMILES string of the molecule is CN1CCN(c2cccc(C(=O)Nc3nc4ccc(C#N)cc4[nH]3)n2)CC1. The number of rotatable bonds is 3. The fraction of sp³-hybridized carbons (Fsp3) is 0.263. The molecule has 1 amide bonds. The normalized spacial score (nSPS) is 14.9. The number of hydrogen-bond acceptors (Lipinski definition) is 6. The van der Waals surface area contributed by atoms with E-state index in [1.165, 1.54) is 0 Å². The number of imidazole rings is 1. The Morgan fingerprint density at radius 3 is 2.78 bits per heavy atom. The number of carbonyl (C=O) groups excluding carboxylic acids is 1. The minimum absolute atomic E-state index is 0.328. The zero-order chi connectivity index (χ0) is 18.8. The molecule has 0 aliphatic carbocycles. The maximum Gasteiger partial charge on any atom is 0.276 e. The molecule has 8 nitrogen and oxygen atoms in total. The van der Waals surface area contributed by atoms with Gasteiger partial charge < -0.3 is 14.8 Å². The number of benzene rings is 1. The van der Waals surface area contributed by atoms with Crippen molar-refractivity contribution in [2.75, 3.05) is 43.4 Å². The molecule has 0 radical (unpaired) electrons. The standard InChI is InChI=1S/C19H19N7O/c1-25-7-9-26(10-8-25)17-4-2-3-15(21-17)18(27)24-19-22-14-6-5-13(12-20)11-16(14)23-19/h2-6,11H,7-10H2,1H3,(H2,22,23,24,27). The van der Waals surface area contributed by atoms with Crippen LogP contribution in [0.5, 0.6) is 0 Å². The number of piperazine rings is 1. The van der Waals surface area contributed by atoms with Crippen LogP contribution in [0.15, 0.2) is 36.4 Å². The molecule has 2 N–H and O–H groups in total. The summed E-state index contributed by atoms with van der Waals surface area (Å²) in [5, 5.41) is 11.7. The van der Waals surface area contributed by atoms with Crippen molar-refractivity contribution in [3.05, 3.63) is 47.7 Å². The Bertz CT molecular complexity index is 1030. The van der Waals surface area contributed by atoms with E-state index in [-0.39, 0.29) is 5.91 Å². The third-order valence-corrected chi connectivity index (χ3v) is 4.64. The molecule has 4 rings (SSSR count). The van der Waals surface area contributed by atoms with E-state index in [0.29, 0.717) is 28.2 Å². The number of amides is 1. The highest BCUT2D eigenvalue weighted by atomic mass is 16.2. The first kappa shape index (κ1) is 17.0. The molecule has 1 aromatic carbocycles. The fourth-order valence-electron chi connectivity index (χ4n) is 3.07. The van der Waals surface area contributed by atoms with E-state index in [1.807, 2.05) is 12.1 Å². The molecule has 27 heavy (non-hydrogen) atoms. The van der Waals surface area contributed by atoms with Gasteiger partial charge in [0.15, 0.2) is 0 Å². The number of aromatic nitrogens is 3. The van der Waals surface area contributed by atoms with E-state index in [4.69, 9.17) is 5.26 Å². The van der Waals surface area contributed by atoms with Crippen molar-refractivity contribution in [1.82, 2.24) is 19.9 Å². The van der Waals surface area contributed by atoms with Crippen molar-refractivity contribution in [3.8, 4) is 6.07 Å². The number of anilines is 2. The number of fused-ring (bicyclic) bond motifs is 1. The monoisotopic (exact) mass is 361 g/mol. The van der Waals surface area contributed by atoms with Gasteiger partial charge in [-0.3, -0.25) is 10.1 Å². The predicted molar refractivity (Wildman–Crippen MR) is 103 cm³/mol. The third kappa shape index (κ3) is 3.59. The lowest BCUT2D eigenvalue weighted by Gasteiger charge is -2.33. The van der Waals surface area contributed by atoms with Gasteiger partial charge in [-0.15, -0.1) is 0 Å². The Balaban J connectivity index is 1.51. The minimum atomic E-state index is -0.328. The van der Waals surface area contributed by atoms with Crippen LogP contribution in [0.2, 0.25) is 0 Å². The van der Waals surface area contributed by atoms with E-state index in [1.54, 1.807) is 24.3 Å². The van der Waals surface area contributed by atoms with Gasteiger partial charge in [0.1, 0.15) is 11.5 Å². The van der Waals surface area contributed by atoms with Crippen LogP contribution < -0.4 is 10.2 Å². The lowest BCUT2D eigenvalue weighted by Crippen LogP contribution is -2.44. The summed E-state index contributed by atoms with van der Waals surface area (Å²) in [5.74, 6) is 0.807. The molecule has 3 heterocycles. The van der Waals surface area contributed by atoms with Crippen LogP contribution in [0, 0.1) is 11.3 Å². The van der Waals surface area contributed by atoms with Gasteiger partial charge in [-0.1, -0.05) is 6.07 Å². The van der Waals surface area contributed by atoms with Crippen LogP contribution in [-0.2, 0) is 0 Å². The summed E-state index contributed by atoms with van der Waals surface area (Å²) in [6, 6.07) is 12.7. The Labute approximate surface area is 156 Å². The molecule has 1 fully saturated rings. The summed E-state index contributed by atoms with van der Waals surface area (Å²) in [5.41, 5.74) is 2.25. The molecule has 0 spiro atoms. The molecular weight excluding hydrogens is 342 g/mol. The lowest BCUT2D eigenvalue weighted by molar-refractivity contribution is 0.102. The number of nitrogens with one attached hydrogen (secondary N) is 2. The number of carbonyl (C=O) groups is 1. The van der Waals surface area contributed by atoms with Crippen LogP contribution >= 0.6 is 0 Å². The first-order valence-corrected chi connectivity index (χ1v) is 8.74. The van der Waals surface area contributed by atoms with Crippen molar-refractivity contribution in [3.63, 3.8) is 0 Å². The van der Waals surface area contributed by atoms with Crippen LogP contribution in [0.25, 0.3) is 11.0 Å². The van der Waals surface area contributed by atoms with E-state index >= 15 is 0 Å². The van der Waals surface area contributed by atoms with Crippen LogP contribution in [0.4, 0.5) is 11.8 Å². The zero-order valence-electron chi connectivity index (χ0n) is 14.9. The van der Waals surface area contributed by atoms with Gasteiger partial charge in [0, 0.05) is 26.2 Å². The second-order valence-electron chi connectivity index (χ2n) is 6.55. The smallest absolute Gasteiger partial charge is 0.276 e. The highest BCUT2D eigenvalue weighted by molar-refractivity contribution is 6.02. The molecule has 1 saturated heterocycles. The van der Waals surface area contributed by atoms with Gasteiger partial charge in [0.2, 0.25) is 5.95 Å². The number of hydrogen-bond donors (Lipinski definition) is 2. The molecule has 136 valence electrons. The number of pyridine rings is 1. The molecule has 1 aliphatic heterocycles. The van der Waals surface area contributed by atoms with E-state index < -0.39 is 0 Å². The molecule has 0 unspecified atom stereocenters. The number of nitrogens with zero attached hydrogens (tertiary/aromatic N) is 5. The molecule has 2 aromatic heterocycles. The van der Waals surface area contributed by atoms with Crippen molar-refractivity contribution in [2.45, 2.75) is 0 Å². The summed E-state index contributed by atoms with van der Waals surface area (Å²) in [6.45, 7) is 3.72. The molecule has 0 atom stereocenters. The summed E-state index contributed by atoms with van der Waals surface area (Å²) in [4.78, 5) is 28.9. The number of nitriles is 1. The van der Waals surface area contributed by atoms with Gasteiger partial charge in [-0.2, -0.15) is 5.26 Å². The van der Waals surface area contributed by atoms with E-state index in [9.17, 15) is 4.79 Å². The number of H-pyrrole nitrogens is 1. The molecule has 3 aromatic rings. The Morgan fingerprint density at radius 2 is 2.00 bits per heavy atom. The summed E-state index contributed by atoms with van der Waals surface area (Å²) < 4.78 is 0. The maximum absolute atomic E-state index is 12.6. The molecular formula is C19H19N7O. The summed E-state index contributed by atoms with van der Waals surface area (Å²) >= 11 is 0. The Morgan fingerprint density at radius 1 is 1.19 bits per heavy atom. The maximum atomic E-state index is 12.6. The average molecular weight is 361 g/mol. The van der Waals surface area contributed by atoms with Crippen LogP contribution in [0.1, 0.15) is 16.1 Å². The van der Waals surface area contributed by atoms with Crippen LogP contribution in [0.3, 0.4) is 0 Å². The zero-order valence-corrected chi connectivity index (χ0v) is 14.9. The largest absolute Gasteiger partial charge is 0.354 e. The Kier molecular flexibility index (Phi) is 4.44. The summed E-state index contributed by atoms with van der Waals surface area (Å²) in [7, 11) is 2.10. The first-order valence-electron chi connectivity index (χ1n) is 8.74. The Hall–Kier alpha value is -3.44.